The Morgan fingerprint density at radius 2 is 2.00 bits per heavy atom. The summed E-state index contributed by atoms with van der Waals surface area (Å²) in [5.74, 6) is 4.11. The highest BCUT2D eigenvalue weighted by Crippen LogP contribution is 2.40. The van der Waals surface area contributed by atoms with Crippen molar-refractivity contribution < 1.29 is 4.52 Å². The van der Waals surface area contributed by atoms with Gasteiger partial charge in [0.2, 0.25) is 5.89 Å². The molecule has 1 saturated carbocycles. The second-order valence-electron chi connectivity index (χ2n) is 6.67. The lowest BCUT2D eigenvalue weighted by Gasteiger charge is -2.06. The van der Waals surface area contributed by atoms with Gasteiger partial charge < -0.3 is 4.52 Å². The van der Waals surface area contributed by atoms with Gasteiger partial charge in [0.25, 0.3) is 0 Å². The Morgan fingerprint density at radius 3 is 2.79 bits per heavy atom. The number of hydrogen-bond acceptors (Lipinski definition) is 6. The fourth-order valence-corrected chi connectivity index (χ4v) is 3.49. The van der Waals surface area contributed by atoms with Gasteiger partial charge in [0.05, 0.1) is 11.3 Å². The van der Waals surface area contributed by atoms with Crippen LogP contribution in [0.15, 0.2) is 33.8 Å². The standard InChI is InChI=1S/C18H20N4OS/c1-11(2)9-15-20-16(23-22-15)10-24-18-13-5-3-4-6-14(13)19-17(21-18)12-7-8-12/h3-6,11-12H,7-10H2,1-2H3. The summed E-state index contributed by atoms with van der Waals surface area (Å²) < 4.78 is 5.36. The first-order valence-electron chi connectivity index (χ1n) is 8.40. The lowest BCUT2D eigenvalue weighted by atomic mass is 10.1. The summed E-state index contributed by atoms with van der Waals surface area (Å²) in [6.07, 6.45) is 3.24. The van der Waals surface area contributed by atoms with Crippen molar-refractivity contribution in [3.63, 3.8) is 0 Å². The molecule has 1 fully saturated rings. The summed E-state index contributed by atoms with van der Waals surface area (Å²) >= 11 is 1.65. The van der Waals surface area contributed by atoms with Gasteiger partial charge in [0.1, 0.15) is 10.9 Å². The molecule has 0 radical (unpaired) electrons. The highest BCUT2D eigenvalue weighted by atomic mass is 32.2. The molecule has 124 valence electrons. The minimum atomic E-state index is 0.523. The molecular weight excluding hydrogens is 320 g/mol. The van der Waals surface area contributed by atoms with Crippen molar-refractivity contribution >= 4 is 22.7 Å². The molecule has 24 heavy (non-hydrogen) atoms. The zero-order chi connectivity index (χ0) is 16.5. The van der Waals surface area contributed by atoms with Crippen molar-refractivity contribution in [2.75, 3.05) is 0 Å². The van der Waals surface area contributed by atoms with Crippen molar-refractivity contribution in [3.05, 3.63) is 41.8 Å². The smallest absolute Gasteiger partial charge is 0.237 e. The van der Waals surface area contributed by atoms with Crippen LogP contribution in [-0.2, 0) is 12.2 Å². The fourth-order valence-electron chi connectivity index (χ4n) is 2.63. The van der Waals surface area contributed by atoms with Crippen LogP contribution in [0.25, 0.3) is 10.9 Å². The average Bonchev–Trinajstić information content (AvgIpc) is 3.33. The van der Waals surface area contributed by atoms with Crippen LogP contribution in [0, 0.1) is 5.92 Å². The van der Waals surface area contributed by atoms with E-state index < -0.39 is 0 Å². The number of fused-ring (bicyclic) bond motifs is 1. The molecule has 5 nitrogen and oxygen atoms in total. The molecule has 1 aromatic carbocycles. The fraction of sp³-hybridized carbons (Fsp3) is 0.444. The first-order valence-corrected chi connectivity index (χ1v) is 9.38. The van der Waals surface area contributed by atoms with Crippen LogP contribution in [0.4, 0.5) is 0 Å². The maximum absolute atomic E-state index is 5.36. The first kappa shape index (κ1) is 15.6. The van der Waals surface area contributed by atoms with E-state index >= 15 is 0 Å². The molecule has 1 aliphatic carbocycles. The monoisotopic (exact) mass is 340 g/mol. The van der Waals surface area contributed by atoms with E-state index in [2.05, 4.69) is 36.1 Å². The van der Waals surface area contributed by atoms with Gasteiger partial charge >= 0.3 is 0 Å². The number of nitrogens with zero attached hydrogens (tertiary/aromatic N) is 4. The summed E-state index contributed by atoms with van der Waals surface area (Å²) in [6, 6.07) is 8.18. The molecule has 0 unspecified atom stereocenters. The second kappa shape index (κ2) is 6.51. The molecule has 0 aliphatic heterocycles. The Labute approximate surface area is 145 Å². The van der Waals surface area contributed by atoms with Crippen LogP contribution in [0.1, 0.15) is 50.1 Å². The van der Waals surface area contributed by atoms with E-state index in [-0.39, 0.29) is 0 Å². The molecule has 0 amide bonds. The van der Waals surface area contributed by atoms with E-state index in [0.29, 0.717) is 23.5 Å². The molecule has 0 spiro atoms. The van der Waals surface area contributed by atoms with Gasteiger partial charge in [-0.15, -0.1) is 0 Å². The molecule has 2 heterocycles. The van der Waals surface area contributed by atoms with Crippen LogP contribution in [0.3, 0.4) is 0 Å². The van der Waals surface area contributed by atoms with Gasteiger partial charge in [-0.05, 0) is 24.8 Å². The van der Waals surface area contributed by atoms with E-state index in [1.807, 2.05) is 12.1 Å². The van der Waals surface area contributed by atoms with Gasteiger partial charge in [0, 0.05) is 17.7 Å². The SMILES string of the molecule is CC(C)Cc1noc(CSc2nc(C3CC3)nc3ccccc23)n1. The molecule has 0 bridgehead atoms. The lowest BCUT2D eigenvalue weighted by Crippen LogP contribution is -1.97. The molecule has 0 N–H and O–H groups in total. The predicted molar refractivity (Wildman–Crippen MR) is 93.9 cm³/mol. The van der Waals surface area contributed by atoms with E-state index in [4.69, 9.17) is 14.5 Å². The number of thioether (sulfide) groups is 1. The third-order valence-corrected chi connectivity index (χ3v) is 4.94. The molecule has 6 heteroatoms. The molecule has 2 aromatic heterocycles. The van der Waals surface area contributed by atoms with E-state index in [1.54, 1.807) is 11.8 Å². The van der Waals surface area contributed by atoms with Gasteiger partial charge in [-0.25, -0.2) is 9.97 Å². The summed E-state index contributed by atoms with van der Waals surface area (Å²) in [6.45, 7) is 4.30. The zero-order valence-electron chi connectivity index (χ0n) is 13.9. The van der Waals surface area contributed by atoms with Gasteiger partial charge in [-0.3, -0.25) is 0 Å². The van der Waals surface area contributed by atoms with E-state index in [0.717, 1.165) is 34.0 Å². The van der Waals surface area contributed by atoms with Crippen LogP contribution in [0.5, 0.6) is 0 Å². The average molecular weight is 340 g/mol. The normalized spacial score (nSPS) is 14.6. The zero-order valence-corrected chi connectivity index (χ0v) is 14.7. The predicted octanol–water partition coefficient (Wildman–Crippen LogP) is 4.38. The first-order chi connectivity index (χ1) is 11.7. The largest absolute Gasteiger partial charge is 0.338 e. The quantitative estimate of drug-likeness (QED) is 0.490. The number of benzene rings is 1. The van der Waals surface area contributed by atoms with Crippen molar-refractivity contribution in [2.45, 2.75) is 49.8 Å². The second-order valence-corrected chi connectivity index (χ2v) is 7.63. The maximum Gasteiger partial charge on any atom is 0.237 e. The lowest BCUT2D eigenvalue weighted by molar-refractivity contribution is 0.382. The summed E-state index contributed by atoms with van der Waals surface area (Å²) in [7, 11) is 0. The summed E-state index contributed by atoms with van der Waals surface area (Å²) in [5, 5.41) is 6.15. The van der Waals surface area contributed by atoms with Crippen molar-refractivity contribution in [3.8, 4) is 0 Å². The van der Waals surface area contributed by atoms with E-state index in [1.165, 1.54) is 12.8 Å². The Hall–Kier alpha value is -1.95. The summed E-state index contributed by atoms with van der Waals surface area (Å²) in [4.78, 5) is 14.0. The molecule has 0 atom stereocenters. The number of hydrogen-bond donors (Lipinski definition) is 0. The highest BCUT2D eigenvalue weighted by molar-refractivity contribution is 7.98. The third kappa shape index (κ3) is 3.43. The van der Waals surface area contributed by atoms with Crippen LogP contribution >= 0.6 is 11.8 Å². The van der Waals surface area contributed by atoms with E-state index in [9.17, 15) is 0 Å². The number of para-hydroxylation sites is 1. The van der Waals surface area contributed by atoms with Gasteiger partial charge in [-0.1, -0.05) is 49.0 Å². The molecular formula is C18H20N4OS. The van der Waals surface area contributed by atoms with Crippen molar-refractivity contribution in [1.29, 1.82) is 0 Å². The van der Waals surface area contributed by atoms with Crippen LogP contribution in [0.2, 0.25) is 0 Å². The number of rotatable bonds is 6. The van der Waals surface area contributed by atoms with Gasteiger partial charge in [0.15, 0.2) is 5.82 Å². The van der Waals surface area contributed by atoms with Crippen molar-refractivity contribution in [1.82, 2.24) is 20.1 Å². The van der Waals surface area contributed by atoms with Crippen LogP contribution < -0.4 is 0 Å². The Bertz CT molecular complexity index is 857. The Kier molecular flexibility index (Phi) is 4.22. The Balaban J connectivity index is 1.56. The van der Waals surface area contributed by atoms with Gasteiger partial charge in [-0.2, -0.15) is 4.98 Å². The molecule has 4 rings (SSSR count). The minimum absolute atomic E-state index is 0.523. The summed E-state index contributed by atoms with van der Waals surface area (Å²) in [5.41, 5.74) is 1.02. The minimum Gasteiger partial charge on any atom is -0.338 e. The third-order valence-electron chi connectivity index (χ3n) is 3.96. The molecule has 0 saturated heterocycles. The topological polar surface area (TPSA) is 64.7 Å². The molecule has 3 aromatic rings. The number of aromatic nitrogens is 4. The maximum atomic E-state index is 5.36. The highest BCUT2D eigenvalue weighted by Gasteiger charge is 2.27. The Morgan fingerprint density at radius 1 is 1.17 bits per heavy atom. The van der Waals surface area contributed by atoms with Crippen LogP contribution in [-0.4, -0.2) is 20.1 Å². The van der Waals surface area contributed by atoms with Crippen molar-refractivity contribution in [2.24, 2.45) is 5.92 Å². The molecule has 1 aliphatic rings.